The van der Waals surface area contributed by atoms with Crippen molar-refractivity contribution in [3.8, 4) is 34.5 Å². The van der Waals surface area contributed by atoms with Crippen molar-refractivity contribution in [3.05, 3.63) is 96.1 Å². The molecule has 0 atom stereocenters. The molecule has 0 aromatic heterocycles. The normalized spacial score (nSPS) is 13.1. The minimum atomic E-state index is -0.571. The lowest BCUT2D eigenvalue weighted by atomic mass is 9.96. The lowest BCUT2D eigenvalue weighted by Crippen LogP contribution is -2.27. The number of carbonyl (C=O) groups excluding carboxylic acids is 3. The summed E-state index contributed by atoms with van der Waals surface area (Å²) in [7, 11) is 1.47. The molecule has 0 spiro atoms. The summed E-state index contributed by atoms with van der Waals surface area (Å²) in [6.45, 7) is 8.52. The molecule has 3 aromatic rings. The van der Waals surface area contributed by atoms with Crippen LogP contribution in [0.25, 0.3) is 12.2 Å². The second-order valence-corrected chi connectivity index (χ2v) is 9.29. The second kappa shape index (κ2) is 11.7. The van der Waals surface area contributed by atoms with Crippen LogP contribution in [0.5, 0.6) is 34.5 Å². The molecule has 1 heterocycles. The van der Waals surface area contributed by atoms with Gasteiger partial charge in [0.05, 0.1) is 12.7 Å². The van der Waals surface area contributed by atoms with Gasteiger partial charge in [0.25, 0.3) is 0 Å². The first-order chi connectivity index (χ1) is 19.1. The zero-order valence-corrected chi connectivity index (χ0v) is 22.6. The van der Waals surface area contributed by atoms with Crippen molar-refractivity contribution in [3.63, 3.8) is 0 Å². The Morgan fingerprint density at radius 2 is 1.55 bits per heavy atom. The van der Waals surface area contributed by atoms with Gasteiger partial charge in [-0.25, -0.2) is 4.79 Å². The van der Waals surface area contributed by atoms with Crippen molar-refractivity contribution in [1.29, 1.82) is 0 Å². The standard InChI is InChI=1S/C32H28O8/c1-6-29(35)38-23-10-7-21(8-11-23)9-16-26(34)30-28(36-5)19-27-25(17-18-32(3,4)40-27)31(30)39-24-14-12-22(13-15-24)37-20(2)33/h6-19H,1H2,2-5H3. The number of ketones is 1. The van der Waals surface area contributed by atoms with Gasteiger partial charge >= 0.3 is 11.9 Å². The van der Waals surface area contributed by atoms with Crippen molar-refractivity contribution in [2.45, 2.75) is 26.4 Å². The van der Waals surface area contributed by atoms with Crippen LogP contribution in [-0.2, 0) is 9.59 Å². The number of methoxy groups -OCH3 is 1. The van der Waals surface area contributed by atoms with Gasteiger partial charge in [0.15, 0.2) is 11.5 Å². The number of ether oxygens (including phenoxy) is 5. The van der Waals surface area contributed by atoms with Gasteiger partial charge in [-0.1, -0.05) is 24.8 Å². The quantitative estimate of drug-likeness (QED) is 0.130. The molecule has 8 nitrogen and oxygen atoms in total. The SMILES string of the molecule is C=CC(=O)Oc1ccc(C=CC(=O)c2c(OC)cc3c(c2Oc2ccc(OC(C)=O)cc2)C=CC(C)(C)O3)cc1. The molecule has 0 saturated carbocycles. The zero-order chi connectivity index (χ0) is 28.9. The largest absolute Gasteiger partial charge is 0.496 e. The Balaban J connectivity index is 1.71. The summed E-state index contributed by atoms with van der Waals surface area (Å²) in [6, 6.07) is 14.8. The molecule has 4 rings (SSSR count). The smallest absolute Gasteiger partial charge is 0.335 e. The number of rotatable bonds is 9. The topological polar surface area (TPSA) is 97.4 Å². The lowest BCUT2D eigenvalue weighted by Gasteiger charge is -2.30. The molecule has 0 N–H and O–H groups in total. The Labute approximate surface area is 232 Å². The van der Waals surface area contributed by atoms with Crippen LogP contribution in [0.15, 0.2) is 79.4 Å². The summed E-state index contributed by atoms with van der Waals surface area (Å²) in [5, 5.41) is 0. The maximum absolute atomic E-state index is 13.6. The highest BCUT2D eigenvalue weighted by Crippen LogP contribution is 2.46. The minimum Gasteiger partial charge on any atom is -0.496 e. The third kappa shape index (κ3) is 6.66. The fourth-order valence-electron chi connectivity index (χ4n) is 3.89. The first-order valence-corrected chi connectivity index (χ1v) is 12.3. The van der Waals surface area contributed by atoms with Gasteiger partial charge in [0.2, 0.25) is 0 Å². The number of esters is 2. The molecular weight excluding hydrogens is 512 g/mol. The summed E-state index contributed by atoms with van der Waals surface area (Å²) >= 11 is 0. The van der Waals surface area contributed by atoms with Crippen LogP contribution in [0, 0.1) is 0 Å². The second-order valence-electron chi connectivity index (χ2n) is 9.29. The Morgan fingerprint density at radius 1 is 0.925 bits per heavy atom. The van der Waals surface area contributed by atoms with Crippen LogP contribution in [-0.4, -0.2) is 30.4 Å². The number of benzene rings is 3. The molecule has 40 heavy (non-hydrogen) atoms. The highest BCUT2D eigenvalue weighted by Gasteiger charge is 2.30. The maximum Gasteiger partial charge on any atom is 0.335 e. The summed E-state index contributed by atoms with van der Waals surface area (Å²) < 4.78 is 28.2. The van der Waals surface area contributed by atoms with Gasteiger partial charge in [-0.15, -0.1) is 0 Å². The summed E-state index contributed by atoms with van der Waals surface area (Å²) in [4.78, 5) is 36.3. The van der Waals surface area contributed by atoms with Crippen molar-refractivity contribution >= 4 is 29.9 Å². The van der Waals surface area contributed by atoms with E-state index in [-0.39, 0.29) is 22.8 Å². The van der Waals surface area contributed by atoms with Crippen LogP contribution in [0.2, 0.25) is 0 Å². The summed E-state index contributed by atoms with van der Waals surface area (Å²) in [5.74, 6) is 0.789. The van der Waals surface area contributed by atoms with E-state index in [1.807, 2.05) is 26.0 Å². The zero-order valence-electron chi connectivity index (χ0n) is 22.6. The van der Waals surface area contributed by atoms with Gasteiger partial charge in [0, 0.05) is 19.1 Å². The van der Waals surface area contributed by atoms with Crippen molar-refractivity contribution in [1.82, 2.24) is 0 Å². The third-order valence-corrected chi connectivity index (χ3v) is 5.73. The Morgan fingerprint density at radius 3 is 2.17 bits per heavy atom. The highest BCUT2D eigenvalue weighted by atomic mass is 16.5. The van der Waals surface area contributed by atoms with E-state index < -0.39 is 17.5 Å². The molecule has 0 bridgehead atoms. The van der Waals surface area contributed by atoms with Crippen LogP contribution < -0.4 is 23.7 Å². The van der Waals surface area contributed by atoms with E-state index in [9.17, 15) is 14.4 Å². The van der Waals surface area contributed by atoms with Gasteiger partial charge < -0.3 is 23.7 Å². The number of fused-ring (bicyclic) bond motifs is 1. The van der Waals surface area contributed by atoms with E-state index in [2.05, 4.69) is 6.58 Å². The van der Waals surface area contributed by atoms with Crippen molar-refractivity contribution in [2.24, 2.45) is 0 Å². The molecule has 0 amide bonds. The number of carbonyl (C=O) groups is 3. The van der Waals surface area contributed by atoms with E-state index >= 15 is 0 Å². The van der Waals surface area contributed by atoms with Crippen molar-refractivity contribution < 1.29 is 38.1 Å². The van der Waals surface area contributed by atoms with E-state index in [0.717, 1.165) is 6.08 Å². The molecule has 0 aliphatic carbocycles. The fourth-order valence-corrected chi connectivity index (χ4v) is 3.89. The number of allylic oxidation sites excluding steroid dienone is 1. The van der Waals surface area contributed by atoms with Crippen LogP contribution in [0.4, 0.5) is 0 Å². The summed E-state index contributed by atoms with van der Waals surface area (Å²) in [5.41, 5.74) is 0.913. The average molecular weight is 541 g/mol. The Hall–Kier alpha value is -5.11. The number of hydrogen-bond donors (Lipinski definition) is 0. The first kappa shape index (κ1) is 27.9. The molecule has 1 aliphatic rings. The molecule has 3 aromatic carbocycles. The Kier molecular flexibility index (Phi) is 8.19. The number of hydrogen-bond acceptors (Lipinski definition) is 8. The van der Waals surface area contributed by atoms with Crippen LogP contribution >= 0.6 is 0 Å². The molecule has 1 aliphatic heterocycles. The highest BCUT2D eigenvalue weighted by molar-refractivity contribution is 6.11. The first-order valence-electron chi connectivity index (χ1n) is 12.3. The molecule has 8 heteroatoms. The van der Waals surface area contributed by atoms with Crippen LogP contribution in [0.3, 0.4) is 0 Å². The van der Waals surface area contributed by atoms with Gasteiger partial charge in [-0.2, -0.15) is 0 Å². The van der Waals surface area contributed by atoms with Gasteiger partial charge in [0.1, 0.15) is 39.9 Å². The monoisotopic (exact) mass is 540 g/mol. The van der Waals surface area contributed by atoms with E-state index in [4.69, 9.17) is 23.7 Å². The van der Waals surface area contributed by atoms with E-state index in [1.54, 1.807) is 60.7 Å². The van der Waals surface area contributed by atoms with Crippen LogP contribution in [0.1, 0.15) is 42.3 Å². The molecule has 0 unspecified atom stereocenters. The fraction of sp³-hybridized carbons (Fsp3) is 0.156. The molecule has 204 valence electrons. The molecule has 0 radical (unpaired) electrons. The predicted molar refractivity (Wildman–Crippen MR) is 150 cm³/mol. The summed E-state index contributed by atoms with van der Waals surface area (Å²) in [6.07, 6.45) is 7.85. The molecule has 0 fully saturated rings. The molecule has 0 saturated heterocycles. The maximum atomic E-state index is 13.6. The third-order valence-electron chi connectivity index (χ3n) is 5.73. The predicted octanol–water partition coefficient (Wildman–Crippen LogP) is 6.58. The van der Waals surface area contributed by atoms with E-state index in [0.29, 0.717) is 34.1 Å². The van der Waals surface area contributed by atoms with Crippen molar-refractivity contribution in [2.75, 3.05) is 7.11 Å². The van der Waals surface area contributed by atoms with Gasteiger partial charge in [-0.3, -0.25) is 9.59 Å². The van der Waals surface area contributed by atoms with E-state index in [1.165, 1.54) is 20.1 Å². The lowest BCUT2D eigenvalue weighted by molar-refractivity contribution is -0.132. The minimum absolute atomic E-state index is 0.200. The van der Waals surface area contributed by atoms with Gasteiger partial charge in [-0.05, 0) is 74.0 Å². The average Bonchev–Trinajstić information content (AvgIpc) is 2.92. The molecular formula is C32H28O8. The Bertz CT molecular complexity index is 1510.